The first kappa shape index (κ1) is 13.8. The number of hydrogen-bond acceptors (Lipinski definition) is 3. The van der Waals surface area contributed by atoms with E-state index >= 15 is 0 Å². The van der Waals surface area contributed by atoms with Gasteiger partial charge in [0.1, 0.15) is 5.82 Å². The summed E-state index contributed by atoms with van der Waals surface area (Å²) in [5, 5.41) is 12.0. The summed E-state index contributed by atoms with van der Waals surface area (Å²) in [5.74, 6) is -1.50. The number of aromatic carboxylic acids is 1. The van der Waals surface area contributed by atoms with Crippen LogP contribution in [0.4, 0.5) is 10.1 Å². The van der Waals surface area contributed by atoms with E-state index in [1.165, 1.54) is 18.2 Å². The third kappa shape index (κ3) is 3.23. The molecule has 0 aromatic heterocycles. The van der Waals surface area contributed by atoms with Gasteiger partial charge < -0.3 is 15.2 Å². The Morgan fingerprint density at radius 3 is 2.84 bits per heavy atom. The van der Waals surface area contributed by atoms with E-state index in [2.05, 4.69) is 5.32 Å². The van der Waals surface area contributed by atoms with Crippen LogP contribution in [-0.2, 0) is 4.74 Å². The van der Waals surface area contributed by atoms with Crippen LogP contribution < -0.4 is 5.32 Å². The van der Waals surface area contributed by atoms with Gasteiger partial charge in [0.2, 0.25) is 0 Å². The zero-order valence-corrected chi connectivity index (χ0v) is 10.9. The summed E-state index contributed by atoms with van der Waals surface area (Å²) in [4.78, 5) is 10.9. The summed E-state index contributed by atoms with van der Waals surface area (Å²) in [5.41, 5.74) is 0.308. The van der Waals surface area contributed by atoms with Crippen LogP contribution in [0.3, 0.4) is 0 Å². The normalized spacial score (nSPS) is 23.1. The maximum Gasteiger partial charge on any atom is 0.335 e. The minimum atomic E-state index is -1.06. The molecule has 1 fully saturated rings. The highest BCUT2D eigenvalue weighted by atomic mass is 19.1. The standard InChI is InChI=1S/C14H18FNO3/c1-19-13-5-3-2-4-11(13)16-12-8-9(14(17)18)6-7-10(12)15/h6-8,11,13,16H,2-5H2,1H3,(H,17,18). The monoisotopic (exact) mass is 267 g/mol. The number of halogens is 1. The number of benzene rings is 1. The van der Waals surface area contributed by atoms with E-state index in [1.54, 1.807) is 7.11 Å². The zero-order valence-electron chi connectivity index (χ0n) is 10.9. The van der Waals surface area contributed by atoms with E-state index in [-0.39, 0.29) is 23.4 Å². The van der Waals surface area contributed by atoms with Crippen molar-refractivity contribution in [3.63, 3.8) is 0 Å². The quantitative estimate of drug-likeness (QED) is 0.880. The Kier molecular flexibility index (Phi) is 4.37. The molecule has 2 rings (SSSR count). The number of ether oxygens (including phenoxy) is 1. The molecule has 1 aliphatic rings. The lowest BCUT2D eigenvalue weighted by molar-refractivity contribution is 0.0605. The molecule has 1 aliphatic carbocycles. The summed E-state index contributed by atoms with van der Waals surface area (Å²) in [6.07, 6.45) is 4.05. The van der Waals surface area contributed by atoms with Crippen LogP contribution in [0.2, 0.25) is 0 Å². The van der Waals surface area contributed by atoms with E-state index in [9.17, 15) is 9.18 Å². The number of methoxy groups -OCH3 is 1. The highest BCUT2D eigenvalue weighted by molar-refractivity contribution is 5.88. The summed E-state index contributed by atoms with van der Waals surface area (Å²) >= 11 is 0. The summed E-state index contributed by atoms with van der Waals surface area (Å²) in [7, 11) is 1.65. The van der Waals surface area contributed by atoms with Crippen molar-refractivity contribution in [2.45, 2.75) is 37.8 Å². The number of carboxylic acid groups (broad SMARTS) is 1. The predicted octanol–water partition coefficient (Wildman–Crippen LogP) is 2.89. The number of carboxylic acids is 1. The van der Waals surface area contributed by atoms with Gasteiger partial charge in [-0.2, -0.15) is 0 Å². The van der Waals surface area contributed by atoms with E-state index < -0.39 is 11.8 Å². The van der Waals surface area contributed by atoms with Crippen LogP contribution >= 0.6 is 0 Å². The van der Waals surface area contributed by atoms with Gasteiger partial charge >= 0.3 is 5.97 Å². The first-order chi connectivity index (χ1) is 9.11. The lowest BCUT2D eigenvalue weighted by Crippen LogP contribution is -2.38. The molecule has 2 N–H and O–H groups in total. The summed E-state index contributed by atoms with van der Waals surface area (Å²) in [6, 6.07) is 3.80. The molecule has 1 aromatic rings. The molecule has 4 nitrogen and oxygen atoms in total. The molecule has 1 aromatic carbocycles. The van der Waals surface area contributed by atoms with Gasteiger partial charge in [0, 0.05) is 7.11 Å². The van der Waals surface area contributed by atoms with Gasteiger partial charge in [-0.3, -0.25) is 0 Å². The average molecular weight is 267 g/mol. The predicted molar refractivity (Wildman–Crippen MR) is 70.0 cm³/mol. The third-order valence-electron chi connectivity index (χ3n) is 3.56. The molecular formula is C14H18FNO3. The Bertz CT molecular complexity index is 464. The fourth-order valence-corrected chi connectivity index (χ4v) is 2.51. The highest BCUT2D eigenvalue weighted by Gasteiger charge is 2.25. The second kappa shape index (κ2) is 6.02. The Balaban J connectivity index is 2.17. The van der Waals surface area contributed by atoms with Gasteiger partial charge in [-0.1, -0.05) is 12.8 Å². The molecule has 0 bridgehead atoms. The van der Waals surface area contributed by atoms with Crippen LogP contribution in [0.5, 0.6) is 0 Å². The Labute approximate surface area is 111 Å². The molecule has 5 heteroatoms. The maximum absolute atomic E-state index is 13.7. The molecule has 1 saturated carbocycles. The van der Waals surface area contributed by atoms with Crippen molar-refractivity contribution in [3.8, 4) is 0 Å². The second-order valence-corrected chi connectivity index (χ2v) is 4.81. The van der Waals surface area contributed by atoms with Crippen molar-refractivity contribution >= 4 is 11.7 Å². The Morgan fingerprint density at radius 1 is 1.42 bits per heavy atom. The van der Waals surface area contributed by atoms with Gasteiger partial charge in [-0.05, 0) is 31.0 Å². The molecule has 0 spiro atoms. The fourth-order valence-electron chi connectivity index (χ4n) is 2.51. The van der Waals surface area contributed by atoms with Crippen molar-refractivity contribution in [1.82, 2.24) is 0 Å². The molecule has 104 valence electrons. The first-order valence-electron chi connectivity index (χ1n) is 6.44. The number of carbonyl (C=O) groups is 1. The third-order valence-corrected chi connectivity index (χ3v) is 3.56. The van der Waals surface area contributed by atoms with E-state index in [0.29, 0.717) is 0 Å². The molecule has 2 atom stereocenters. The Morgan fingerprint density at radius 2 is 2.16 bits per heavy atom. The lowest BCUT2D eigenvalue weighted by Gasteiger charge is -2.32. The molecule has 0 saturated heterocycles. The highest BCUT2D eigenvalue weighted by Crippen LogP contribution is 2.26. The summed E-state index contributed by atoms with van der Waals surface area (Å²) in [6.45, 7) is 0. The minimum absolute atomic E-state index is 0.0253. The summed E-state index contributed by atoms with van der Waals surface area (Å²) < 4.78 is 19.1. The van der Waals surface area contributed by atoms with Gasteiger partial charge in [0.25, 0.3) is 0 Å². The van der Waals surface area contributed by atoms with Gasteiger partial charge in [0.05, 0.1) is 23.4 Å². The van der Waals surface area contributed by atoms with Crippen molar-refractivity contribution < 1.29 is 19.0 Å². The van der Waals surface area contributed by atoms with E-state index in [4.69, 9.17) is 9.84 Å². The second-order valence-electron chi connectivity index (χ2n) is 4.81. The SMILES string of the molecule is COC1CCCCC1Nc1cc(C(=O)O)ccc1F. The van der Waals surface area contributed by atoms with E-state index in [1.807, 2.05) is 0 Å². The van der Waals surface area contributed by atoms with Gasteiger partial charge in [-0.25, -0.2) is 9.18 Å². The van der Waals surface area contributed by atoms with Crippen LogP contribution in [0.1, 0.15) is 36.0 Å². The molecule has 0 amide bonds. The molecule has 0 radical (unpaired) electrons. The largest absolute Gasteiger partial charge is 0.478 e. The van der Waals surface area contributed by atoms with Crippen LogP contribution in [0.25, 0.3) is 0 Å². The molecule has 0 heterocycles. The number of rotatable bonds is 4. The molecule has 2 unspecified atom stereocenters. The average Bonchev–Trinajstić information content (AvgIpc) is 2.41. The van der Waals surface area contributed by atoms with Crippen LogP contribution in [0.15, 0.2) is 18.2 Å². The minimum Gasteiger partial charge on any atom is -0.478 e. The topological polar surface area (TPSA) is 58.6 Å². The molecular weight excluding hydrogens is 249 g/mol. The van der Waals surface area contributed by atoms with Crippen molar-refractivity contribution in [2.24, 2.45) is 0 Å². The zero-order chi connectivity index (χ0) is 13.8. The van der Waals surface area contributed by atoms with Gasteiger partial charge in [0.15, 0.2) is 0 Å². The van der Waals surface area contributed by atoms with Crippen LogP contribution in [-0.4, -0.2) is 30.3 Å². The van der Waals surface area contributed by atoms with Crippen molar-refractivity contribution in [1.29, 1.82) is 0 Å². The molecule has 19 heavy (non-hydrogen) atoms. The maximum atomic E-state index is 13.7. The van der Waals surface area contributed by atoms with Crippen molar-refractivity contribution in [3.05, 3.63) is 29.6 Å². The number of nitrogens with one attached hydrogen (secondary N) is 1. The van der Waals surface area contributed by atoms with E-state index in [0.717, 1.165) is 25.7 Å². The fraction of sp³-hybridized carbons (Fsp3) is 0.500. The lowest BCUT2D eigenvalue weighted by atomic mass is 9.92. The smallest absolute Gasteiger partial charge is 0.335 e. The number of hydrogen-bond donors (Lipinski definition) is 2. The number of anilines is 1. The van der Waals surface area contributed by atoms with Crippen molar-refractivity contribution in [2.75, 3.05) is 12.4 Å². The first-order valence-corrected chi connectivity index (χ1v) is 6.44. The Hall–Kier alpha value is -1.62. The van der Waals surface area contributed by atoms with Gasteiger partial charge in [-0.15, -0.1) is 0 Å². The molecule has 0 aliphatic heterocycles. The van der Waals surface area contributed by atoms with Crippen LogP contribution in [0, 0.1) is 5.82 Å².